The molecule has 0 spiro atoms. The molecule has 0 heterocycles. The Labute approximate surface area is 81.3 Å². The Balaban J connectivity index is 3.01. The molecule has 0 amide bonds. The Hall–Kier alpha value is -0.720. The molecule has 0 atom stereocenters. The molecule has 0 aliphatic rings. The van der Waals surface area contributed by atoms with Crippen LogP contribution >= 0.6 is 11.8 Å². The number of benzene rings is 1. The van der Waals surface area contributed by atoms with E-state index in [1.54, 1.807) is 24.3 Å². The fourth-order valence-corrected chi connectivity index (χ4v) is 1.79. The first kappa shape index (κ1) is 10.4. The maximum atomic E-state index is 10.6. The maximum Gasteiger partial charge on any atom is 0.380 e. The lowest BCUT2D eigenvalue weighted by Gasteiger charge is -2.05. The first-order chi connectivity index (χ1) is 6.03. The third-order valence-corrected chi connectivity index (χ3v) is 2.46. The SMILES string of the molecule is CSc1ccccc1OS(N)(=O)=O. The molecule has 0 fully saturated rings. The summed E-state index contributed by atoms with van der Waals surface area (Å²) in [5.41, 5.74) is 0. The summed E-state index contributed by atoms with van der Waals surface area (Å²) in [5.74, 6) is 0.262. The van der Waals surface area contributed by atoms with E-state index in [1.165, 1.54) is 11.8 Å². The van der Waals surface area contributed by atoms with Crippen LogP contribution in [0.3, 0.4) is 0 Å². The molecule has 4 nitrogen and oxygen atoms in total. The Morgan fingerprint density at radius 3 is 2.54 bits per heavy atom. The molecule has 2 N–H and O–H groups in total. The van der Waals surface area contributed by atoms with Crippen molar-refractivity contribution in [3.63, 3.8) is 0 Å². The Morgan fingerprint density at radius 2 is 2.00 bits per heavy atom. The van der Waals surface area contributed by atoms with Crippen LogP contribution in [0, 0.1) is 0 Å². The molecule has 6 heteroatoms. The van der Waals surface area contributed by atoms with Crippen molar-refractivity contribution in [1.82, 2.24) is 0 Å². The molecular formula is C7H9NO3S2. The molecule has 1 rings (SSSR count). The van der Waals surface area contributed by atoms with Gasteiger partial charge in [-0.25, -0.2) is 0 Å². The van der Waals surface area contributed by atoms with Gasteiger partial charge in [-0.05, 0) is 18.4 Å². The summed E-state index contributed by atoms with van der Waals surface area (Å²) in [6, 6.07) is 6.78. The highest BCUT2D eigenvalue weighted by Crippen LogP contribution is 2.27. The molecule has 13 heavy (non-hydrogen) atoms. The quantitative estimate of drug-likeness (QED) is 0.770. The largest absolute Gasteiger partial charge is 0.380 e. The van der Waals surface area contributed by atoms with Gasteiger partial charge in [0.05, 0.1) is 4.90 Å². The minimum atomic E-state index is -3.92. The molecule has 0 bridgehead atoms. The molecule has 0 aromatic heterocycles. The summed E-state index contributed by atoms with van der Waals surface area (Å²) >= 11 is 1.39. The van der Waals surface area contributed by atoms with Gasteiger partial charge in [-0.3, -0.25) is 0 Å². The van der Waals surface area contributed by atoms with Gasteiger partial charge in [0.2, 0.25) is 0 Å². The van der Waals surface area contributed by atoms with Gasteiger partial charge < -0.3 is 4.18 Å². The van der Waals surface area contributed by atoms with Gasteiger partial charge in [0.15, 0.2) is 5.75 Å². The summed E-state index contributed by atoms with van der Waals surface area (Å²) in [7, 11) is -3.92. The molecule has 0 aliphatic heterocycles. The van der Waals surface area contributed by atoms with E-state index in [-0.39, 0.29) is 5.75 Å². The zero-order chi connectivity index (χ0) is 9.90. The third-order valence-electron chi connectivity index (χ3n) is 1.28. The average molecular weight is 219 g/mol. The summed E-state index contributed by atoms with van der Waals surface area (Å²) < 4.78 is 25.8. The van der Waals surface area contributed by atoms with Crippen LogP contribution in [0.1, 0.15) is 0 Å². The second-order valence-corrected chi connectivity index (χ2v) is 4.23. The first-order valence-electron chi connectivity index (χ1n) is 3.38. The van der Waals surface area contributed by atoms with Crippen molar-refractivity contribution in [2.45, 2.75) is 4.90 Å². The molecule has 1 aromatic carbocycles. The van der Waals surface area contributed by atoms with E-state index in [9.17, 15) is 8.42 Å². The van der Waals surface area contributed by atoms with Crippen LogP contribution in [-0.4, -0.2) is 14.7 Å². The van der Waals surface area contributed by atoms with Gasteiger partial charge in [0.25, 0.3) is 0 Å². The number of para-hydroxylation sites is 1. The molecular weight excluding hydrogens is 210 g/mol. The van der Waals surface area contributed by atoms with Crippen molar-refractivity contribution in [2.75, 3.05) is 6.26 Å². The maximum absolute atomic E-state index is 10.6. The van der Waals surface area contributed by atoms with Crippen molar-refractivity contribution >= 4 is 22.1 Å². The molecule has 0 aliphatic carbocycles. The summed E-state index contributed by atoms with van der Waals surface area (Å²) in [5, 5.41) is 4.73. The second-order valence-electron chi connectivity index (χ2n) is 2.23. The van der Waals surface area contributed by atoms with Crippen LogP contribution < -0.4 is 9.32 Å². The fourth-order valence-electron chi connectivity index (χ4n) is 0.813. The van der Waals surface area contributed by atoms with Crippen molar-refractivity contribution in [2.24, 2.45) is 5.14 Å². The zero-order valence-electron chi connectivity index (χ0n) is 6.93. The van der Waals surface area contributed by atoms with Gasteiger partial charge in [-0.15, -0.1) is 11.8 Å². The van der Waals surface area contributed by atoms with Gasteiger partial charge in [0.1, 0.15) is 0 Å². The fraction of sp³-hybridized carbons (Fsp3) is 0.143. The van der Waals surface area contributed by atoms with Crippen LogP contribution in [0.5, 0.6) is 5.75 Å². The lowest BCUT2D eigenvalue weighted by atomic mass is 10.3. The van der Waals surface area contributed by atoms with Crippen LogP contribution in [0.4, 0.5) is 0 Å². The normalized spacial score (nSPS) is 11.2. The first-order valence-corrected chi connectivity index (χ1v) is 6.08. The lowest BCUT2D eigenvalue weighted by molar-refractivity contribution is 0.482. The van der Waals surface area contributed by atoms with Crippen molar-refractivity contribution in [3.8, 4) is 5.75 Å². The van der Waals surface area contributed by atoms with E-state index in [2.05, 4.69) is 4.18 Å². The smallest absolute Gasteiger partial charge is 0.370 e. The van der Waals surface area contributed by atoms with Gasteiger partial charge in [-0.1, -0.05) is 12.1 Å². The zero-order valence-corrected chi connectivity index (χ0v) is 8.56. The lowest BCUT2D eigenvalue weighted by Crippen LogP contribution is -2.19. The highest BCUT2D eigenvalue weighted by molar-refractivity contribution is 7.98. The van der Waals surface area contributed by atoms with Crippen LogP contribution in [-0.2, 0) is 10.3 Å². The van der Waals surface area contributed by atoms with Gasteiger partial charge in [-0.2, -0.15) is 13.6 Å². The molecule has 1 aromatic rings. The average Bonchev–Trinajstić information content (AvgIpc) is 2.02. The van der Waals surface area contributed by atoms with E-state index in [4.69, 9.17) is 5.14 Å². The van der Waals surface area contributed by atoms with E-state index in [1.807, 2.05) is 6.26 Å². The van der Waals surface area contributed by atoms with Crippen LogP contribution in [0.2, 0.25) is 0 Å². The number of hydrogen-bond donors (Lipinski definition) is 1. The molecule has 0 saturated heterocycles. The Bertz CT molecular complexity index is 388. The minimum Gasteiger partial charge on any atom is -0.370 e. The van der Waals surface area contributed by atoms with Crippen LogP contribution in [0.15, 0.2) is 29.2 Å². The topological polar surface area (TPSA) is 69.4 Å². The number of nitrogens with two attached hydrogens (primary N) is 1. The number of rotatable bonds is 3. The highest BCUT2D eigenvalue weighted by Gasteiger charge is 2.08. The number of hydrogen-bond acceptors (Lipinski definition) is 4. The molecule has 0 saturated carbocycles. The van der Waals surface area contributed by atoms with Gasteiger partial charge in [0, 0.05) is 0 Å². The van der Waals surface area contributed by atoms with Crippen molar-refractivity contribution < 1.29 is 12.6 Å². The minimum absolute atomic E-state index is 0.262. The third kappa shape index (κ3) is 3.25. The van der Waals surface area contributed by atoms with Crippen LogP contribution in [0.25, 0.3) is 0 Å². The molecule has 72 valence electrons. The van der Waals surface area contributed by atoms with Crippen molar-refractivity contribution in [3.05, 3.63) is 24.3 Å². The molecule has 0 unspecified atom stereocenters. The number of thioether (sulfide) groups is 1. The van der Waals surface area contributed by atoms with E-state index in [0.29, 0.717) is 0 Å². The predicted molar refractivity (Wildman–Crippen MR) is 52.0 cm³/mol. The summed E-state index contributed by atoms with van der Waals surface area (Å²) in [6.07, 6.45) is 1.82. The van der Waals surface area contributed by atoms with E-state index in [0.717, 1.165) is 4.90 Å². The Morgan fingerprint density at radius 1 is 1.38 bits per heavy atom. The predicted octanol–water partition coefficient (Wildman–Crippen LogP) is 0.991. The van der Waals surface area contributed by atoms with Gasteiger partial charge >= 0.3 is 10.3 Å². The summed E-state index contributed by atoms with van der Waals surface area (Å²) in [6.45, 7) is 0. The highest BCUT2D eigenvalue weighted by atomic mass is 32.2. The monoisotopic (exact) mass is 219 g/mol. The summed E-state index contributed by atoms with van der Waals surface area (Å²) in [4.78, 5) is 0.733. The Kier molecular flexibility index (Phi) is 3.18. The second kappa shape index (κ2) is 3.99. The van der Waals surface area contributed by atoms with Crippen molar-refractivity contribution in [1.29, 1.82) is 0 Å². The standard InChI is InChI=1S/C7H9NO3S2/c1-12-7-5-3-2-4-6(7)11-13(8,9)10/h2-5H,1H3,(H2,8,9,10). The van der Waals surface area contributed by atoms with E-state index < -0.39 is 10.3 Å². The molecule has 0 radical (unpaired) electrons. The van der Waals surface area contributed by atoms with E-state index >= 15 is 0 Å².